The number of likely N-dealkylation sites (tertiary alicyclic amines) is 1. The normalized spacial score (nSPS) is 17.2. The lowest BCUT2D eigenvalue weighted by Crippen LogP contribution is -2.31. The number of carbonyl (C=O) groups excluding carboxylic acids is 1. The predicted octanol–water partition coefficient (Wildman–Crippen LogP) is 5.00. The van der Waals surface area contributed by atoms with E-state index in [1.54, 1.807) is 11.3 Å². The molecule has 1 aliphatic heterocycles. The SMILES string of the molecule is O=C(CCn1ccc2ccccc21)N1CCCC1c1nc2ccccc2s1. The van der Waals surface area contributed by atoms with Crippen molar-refractivity contribution in [2.75, 3.05) is 6.54 Å². The number of amides is 1. The number of nitrogens with zero attached hydrogens (tertiary/aromatic N) is 3. The summed E-state index contributed by atoms with van der Waals surface area (Å²) in [6.07, 6.45) is 4.67. The second-order valence-corrected chi connectivity index (χ2v) is 8.15. The maximum atomic E-state index is 13.0. The van der Waals surface area contributed by atoms with Crippen LogP contribution in [0.5, 0.6) is 0 Å². The van der Waals surface area contributed by atoms with Gasteiger partial charge in [-0.3, -0.25) is 4.79 Å². The summed E-state index contributed by atoms with van der Waals surface area (Å²) in [4.78, 5) is 19.8. The zero-order valence-corrected chi connectivity index (χ0v) is 15.9. The highest BCUT2D eigenvalue weighted by Gasteiger charge is 2.31. The number of benzene rings is 2. The number of hydrogen-bond donors (Lipinski definition) is 0. The van der Waals surface area contributed by atoms with Crippen LogP contribution in [-0.4, -0.2) is 26.9 Å². The Hall–Kier alpha value is -2.66. The highest BCUT2D eigenvalue weighted by molar-refractivity contribution is 7.18. The molecule has 0 aliphatic carbocycles. The van der Waals surface area contributed by atoms with Crippen molar-refractivity contribution in [2.24, 2.45) is 0 Å². The third-order valence-electron chi connectivity index (χ3n) is 5.42. The van der Waals surface area contributed by atoms with Crippen LogP contribution < -0.4 is 0 Å². The summed E-state index contributed by atoms with van der Waals surface area (Å²) in [7, 11) is 0. The molecule has 1 unspecified atom stereocenters. The zero-order valence-electron chi connectivity index (χ0n) is 15.0. The third kappa shape index (κ3) is 3.02. The van der Waals surface area contributed by atoms with E-state index < -0.39 is 0 Å². The van der Waals surface area contributed by atoms with Gasteiger partial charge in [-0.1, -0.05) is 30.3 Å². The lowest BCUT2D eigenvalue weighted by atomic mass is 10.2. The number of hydrogen-bond acceptors (Lipinski definition) is 3. The molecule has 1 fully saturated rings. The van der Waals surface area contributed by atoms with Gasteiger partial charge in [-0.15, -0.1) is 11.3 Å². The molecule has 4 aromatic rings. The first-order valence-electron chi connectivity index (χ1n) is 9.48. The zero-order chi connectivity index (χ0) is 18.2. The molecule has 1 saturated heterocycles. The van der Waals surface area contributed by atoms with E-state index in [-0.39, 0.29) is 11.9 Å². The van der Waals surface area contributed by atoms with Gasteiger partial charge in [-0.05, 0) is 42.5 Å². The van der Waals surface area contributed by atoms with Gasteiger partial charge in [0, 0.05) is 31.2 Å². The van der Waals surface area contributed by atoms with Crippen LogP contribution in [0.25, 0.3) is 21.1 Å². The number of para-hydroxylation sites is 2. The van der Waals surface area contributed by atoms with Gasteiger partial charge in [-0.25, -0.2) is 4.98 Å². The quantitative estimate of drug-likeness (QED) is 0.503. The van der Waals surface area contributed by atoms with E-state index in [0.717, 1.165) is 36.5 Å². The molecule has 136 valence electrons. The molecule has 0 saturated carbocycles. The van der Waals surface area contributed by atoms with Crippen LogP contribution in [0.1, 0.15) is 30.3 Å². The molecule has 5 heteroatoms. The number of carbonyl (C=O) groups is 1. The van der Waals surface area contributed by atoms with Crippen LogP contribution in [0.2, 0.25) is 0 Å². The molecule has 4 nitrogen and oxygen atoms in total. The van der Waals surface area contributed by atoms with E-state index in [1.807, 2.05) is 35.2 Å². The van der Waals surface area contributed by atoms with Crippen molar-refractivity contribution in [1.29, 1.82) is 0 Å². The second kappa shape index (κ2) is 6.82. The van der Waals surface area contributed by atoms with Crippen molar-refractivity contribution >= 4 is 38.4 Å². The number of aryl methyl sites for hydroxylation is 1. The average Bonchev–Trinajstić information content (AvgIpc) is 3.43. The molecular weight excluding hydrogens is 354 g/mol. The molecule has 27 heavy (non-hydrogen) atoms. The lowest BCUT2D eigenvalue weighted by Gasteiger charge is -2.23. The summed E-state index contributed by atoms with van der Waals surface area (Å²) in [5, 5.41) is 2.30. The minimum absolute atomic E-state index is 0.135. The van der Waals surface area contributed by atoms with Crippen LogP contribution in [-0.2, 0) is 11.3 Å². The van der Waals surface area contributed by atoms with Gasteiger partial charge in [0.1, 0.15) is 5.01 Å². The molecule has 0 bridgehead atoms. The van der Waals surface area contributed by atoms with Crippen LogP contribution in [0.3, 0.4) is 0 Å². The smallest absolute Gasteiger partial charge is 0.224 e. The molecular formula is C22H21N3OS. The van der Waals surface area contributed by atoms with Gasteiger partial charge in [0.05, 0.1) is 16.3 Å². The minimum Gasteiger partial charge on any atom is -0.347 e. The Morgan fingerprint density at radius 3 is 2.89 bits per heavy atom. The highest BCUT2D eigenvalue weighted by Crippen LogP contribution is 2.36. The first kappa shape index (κ1) is 16.5. The van der Waals surface area contributed by atoms with Crippen molar-refractivity contribution < 1.29 is 4.79 Å². The Balaban J connectivity index is 1.33. The number of rotatable bonds is 4. The minimum atomic E-state index is 0.135. The monoisotopic (exact) mass is 375 g/mol. The lowest BCUT2D eigenvalue weighted by molar-refractivity contribution is -0.132. The van der Waals surface area contributed by atoms with Gasteiger partial charge in [0.2, 0.25) is 5.91 Å². The molecule has 0 radical (unpaired) electrons. The fourth-order valence-electron chi connectivity index (χ4n) is 4.05. The van der Waals surface area contributed by atoms with Crippen LogP contribution in [0.15, 0.2) is 60.8 Å². The Kier molecular flexibility index (Phi) is 4.17. The fourth-order valence-corrected chi connectivity index (χ4v) is 5.17. The first-order valence-corrected chi connectivity index (χ1v) is 10.3. The number of aromatic nitrogens is 2. The number of fused-ring (bicyclic) bond motifs is 2. The van der Waals surface area contributed by atoms with Gasteiger partial charge in [-0.2, -0.15) is 0 Å². The van der Waals surface area contributed by atoms with E-state index in [1.165, 1.54) is 15.6 Å². The molecule has 1 atom stereocenters. The summed E-state index contributed by atoms with van der Waals surface area (Å²) in [6.45, 7) is 1.56. The third-order valence-corrected chi connectivity index (χ3v) is 6.55. The van der Waals surface area contributed by atoms with Crippen LogP contribution >= 0.6 is 11.3 Å². The van der Waals surface area contributed by atoms with Crippen molar-refractivity contribution in [1.82, 2.24) is 14.5 Å². The van der Waals surface area contributed by atoms with Crippen molar-refractivity contribution in [3.63, 3.8) is 0 Å². The van der Waals surface area contributed by atoms with E-state index in [9.17, 15) is 4.79 Å². The summed E-state index contributed by atoms with van der Waals surface area (Å²) >= 11 is 1.72. The van der Waals surface area contributed by atoms with E-state index >= 15 is 0 Å². The topological polar surface area (TPSA) is 38.1 Å². The Labute approximate surface area is 162 Å². The van der Waals surface area contributed by atoms with Gasteiger partial charge >= 0.3 is 0 Å². The predicted molar refractivity (Wildman–Crippen MR) is 110 cm³/mol. The van der Waals surface area contributed by atoms with Crippen LogP contribution in [0.4, 0.5) is 0 Å². The van der Waals surface area contributed by atoms with Crippen molar-refractivity contribution in [3.05, 3.63) is 65.8 Å². The summed E-state index contributed by atoms with van der Waals surface area (Å²) in [6, 6.07) is 18.8. The Bertz CT molecular complexity index is 1080. The molecule has 2 aromatic carbocycles. The van der Waals surface area contributed by atoms with Crippen LogP contribution in [0, 0.1) is 0 Å². The van der Waals surface area contributed by atoms with E-state index in [0.29, 0.717) is 6.42 Å². The molecule has 1 amide bonds. The summed E-state index contributed by atoms with van der Waals surface area (Å²) < 4.78 is 3.38. The average molecular weight is 375 g/mol. The molecule has 0 spiro atoms. The van der Waals surface area contributed by atoms with E-state index in [4.69, 9.17) is 4.98 Å². The van der Waals surface area contributed by atoms with Crippen molar-refractivity contribution in [2.45, 2.75) is 31.8 Å². The van der Waals surface area contributed by atoms with Gasteiger partial charge in [0.15, 0.2) is 0 Å². The second-order valence-electron chi connectivity index (χ2n) is 7.08. The maximum Gasteiger partial charge on any atom is 0.224 e. The molecule has 5 rings (SSSR count). The summed E-state index contributed by atoms with van der Waals surface area (Å²) in [5.41, 5.74) is 2.23. The number of thiazole rings is 1. The molecule has 2 aromatic heterocycles. The van der Waals surface area contributed by atoms with E-state index in [2.05, 4.69) is 35.0 Å². The largest absolute Gasteiger partial charge is 0.347 e. The molecule has 0 N–H and O–H groups in total. The first-order chi connectivity index (χ1) is 13.3. The highest BCUT2D eigenvalue weighted by atomic mass is 32.1. The Morgan fingerprint density at radius 2 is 1.96 bits per heavy atom. The fraction of sp³-hybridized carbons (Fsp3) is 0.273. The molecule has 1 aliphatic rings. The maximum absolute atomic E-state index is 13.0. The van der Waals surface area contributed by atoms with Gasteiger partial charge in [0.25, 0.3) is 0 Å². The van der Waals surface area contributed by atoms with Crippen molar-refractivity contribution in [3.8, 4) is 0 Å². The van der Waals surface area contributed by atoms with Gasteiger partial charge < -0.3 is 9.47 Å². The summed E-state index contributed by atoms with van der Waals surface area (Å²) in [5.74, 6) is 0.231. The Morgan fingerprint density at radius 1 is 1.11 bits per heavy atom. The standard InChI is InChI=1S/C22H21N3OS/c26-21(12-15-24-14-11-16-6-1-3-8-18(16)24)25-13-5-9-19(25)22-23-17-7-2-4-10-20(17)27-22/h1-4,6-8,10-11,14,19H,5,9,12-13,15H2. The molecule has 3 heterocycles.